The summed E-state index contributed by atoms with van der Waals surface area (Å²) in [5.74, 6) is -0.195. The molecule has 0 saturated heterocycles. The van der Waals surface area contributed by atoms with Crippen LogP contribution in [0.2, 0.25) is 0 Å². The summed E-state index contributed by atoms with van der Waals surface area (Å²) in [5.41, 5.74) is 3.51. The van der Waals surface area contributed by atoms with Crippen LogP contribution in [0.3, 0.4) is 0 Å². The monoisotopic (exact) mass is 397 g/mol. The number of sulfone groups is 1. The maximum absolute atomic E-state index is 12.5. The average molecular weight is 397 g/mol. The van der Waals surface area contributed by atoms with Crippen LogP contribution in [0.4, 0.5) is 6.01 Å². The second kappa shape index (κ2) is 7.20. The molecule has 1 aromatic heterocycles. The number of anilines is 1. The molecule has 8 heteroatoms. The van der Waals surface area contributed by atoms with Crippen molar-refractivity contribution in [2.45, 2.75) is 30.6 Å². The Morgan fingerprint density at radius 2 is 1.82 bits per heavy atom. The number of carbonyl (C=O) groups is 1. The van der Waals surface area contributed by atoms with Crippen molar-refractivity contribution in [3.63, 3.8) is 0 Å². The third-order valence-electron chi connectivity index (χ3n) is 4.77. The van der Waals surface area contributed by atoms with E-state index in [1.807, 2.05) is 12.1 Å². The Labute approximate surface area is 162 Å². The standard InChI is InChI=1S/C20H19N3O4S/c1-28(25,26)17-8-4-7-16(12-17)19-22-23-20(27-19)21-18(24)15-10-9-13-5-2-3-6-14(13)11-15/h4,7-12H,2-3,5-6H2,1H3,(H,21,23,24). The van der Waals surface area contributed by atoms with Crippen LogP contribution in [-0.4, -0.2) is 30.8 Å². The van der Waals surface area contributed by atoms with Crippen molar-refractivity contribution in [1.82, 2.24) is 10.2 Å². The van der Waals surface area contributed by atoms with Crippen molar-refractivity contribution < 1.29 is 17.6 Å². The minimum Gasteiger partial charge on any atom is -0.403 e. The molecular formula is C20H19N3O4S. The van der Waals surface area contributed by atoms with Gasteiger partial charge in [-0.1, -0.05) is 17.2 Å². The quantitative estimate of drug-likeness (QED) is 0.725. The maximum Gasteiger partial charge on any atom is 0.322 e. The summed E-state index contributed by atoms with van der Waals surface area (Å²) < 4.78 is 28.9. The molecule has 1 aliphatic rings. The highest BCUT2D eigenvalue weighted by Gasteiger charge is 2.17. The molecule has 2 aromatic carbocycles. The van der Waals surface area contributed by atoms with Gasteiger partial charge in [-0.25, -0.2) is 8.42 Å². The number of nitrogens with zero attached hydrogens (tertiary/aromatic N) is 2. The van der Waals surface area contributed by atoms with E-state index >= 15 is 0 Å². The Morgan fingerprint density at radius 3 is 2.61 bits per heavy atom. The molecule has 0 saturated carbocycles. The van der Waals surface area contributed by atoms with Gasteiger partial charge in [-0.3, -0.25) is 10.1 Å². The van der Waals surface area contributed by atoms with Crippen LogP contribution in [-0.2, 0) is 22.7 Å². The van der Waals surface area contributed by atoms with Crippen LogP contribution in [0, 0.1) is 0 Å². The predicted octanol–water partition coefficient (Wildman–Crippen LogP) is 3.27. The van der Waals surface area contributed by atoms with Gasteiger partial charge in [-0.05, 0) is 67.1 Å². The summed E-state index contributed by atoms with van der Waals surface area (Å²) in [7, 11) is -3.35. The molecule has 1 aliphatic carbocycles. The topological polar surface area (TPSA) is 102 Å². The van der Waals surface area contributed by atoms with Crippen molar-refractivity contribution in [2.24, 2.45) is 0 Å². The third kappa shape index (κ3) is 3.82. The van der Waals surface area contributed by atoms with Gasteiger partial charge >= 0.3 is 6.01 Å². The summed E-state index contributed by atoms with van der Waals surface area (Å²) in [6.45, 7) is 0. The van der Waals surface area contributed by atoms with Crippen LogP contribution < -0.4 is 5.32 Å². The van der Waals surface area contributed by atoms with Crippen molar-refractivity contribution >= 4 is 21.8 Å². The summed E-state index contributed by atoms with van der Waals surface area (Å²) in [6, 6.07) is 11.9. The highest BCUT2D eigenvalue weighted by Crippen LogP contribution is 2.24. The van der Waals surface area contributed by atoms with Gasteiger partial charge in [0, 0.05) is 17.4 Å². The number of aromatic nitrogens is 2. The van der Waals surface area contributed by atoms with Gasteiger partial charge in [0.25, 0.3) is 5.91 Å². The Kier molecular flexibility index (Phi) is 4.72. The van der Waals surface area contributed by atoms with Crippen LogP contribution in [0.5, 0.6) is 0 Å². The second-order valence-corrected chi connectivity index (χ2v) is 8.87. The maximum atomic E-state index is 12.5. The molecule has 1 amide bonds. The zero-order chi connectivity index (χ0) is 19.7. The first-order chi connectivity index (χ1) is 13.4. The smallest absolute Gasteiger partial charge is 0.322 e. The average Bonchev–Trinajstić information content (AvgIpc) is 3.15. The lowest BCUT2D eigenvalue weighted by molar-refractivity contribution is 0.102. The highest BCUT2D eigenvalue weighted by atomic mass is 32.2. The fourth-order valence-electron chi connectivity index (χ4n) is 3.29. The van der Waals surface area contributed by atoms with Crippen LogP contribution >= 0.6 is 0 Å². The van der Waals surface area contributed by atoms with Gasteiger partial charge in [-0.2, -0.15) is 0 Å². The lowest BCUT2D eigenvalue weighted by atomic mass is 9.90. The fraction of sp³-hybridized carbons (Fsp3) is 0.250. The van der Waals surface area contributed by atoms with E-state index in [-0.39, 0.29) is 22.7 Å². The highest BCUT2D eigenvalue weighted by molar-refractivity contribution is 7.90. The molecule has 3 aromatic rings. The number of hydrogen-bond donors (Lipinski definition) is 1. The molecule has 1 N–H and O–H groups in total. The molecule has 0 bridgehead atoms. The van der Waals surface area contributed by atoms with E-state index in [9.17, 15) is 13.2 Å². The molecule has 0 spiro atoms. The number of nitrogens with one attached hydrogen (secondary N) is 1. The molecule has 144 valence electrons. The first-order valence-corrected chi connectivity index (χ1v) is 10.9. The van der Waals surface area contributed by atoms with E-state index in [1.54, 1.807) is 18.2 Å². The molecule has 0 aliphatic heterocycles. The van der Waals surface area contributed by atoms with Crippen LogP contribution in [0.25, 0.3) is 11.5 Å². The van der Waals surface area contributed by atoms with Gasteiger partial charge < -0.3 is 4.42 Å². The molecule has 1 heterocycles. The van der Waals surface area contributed by atoms with E-state index < -0.39 is 9.84 Å². The molecule has 0 radical (unpaired) electrons. The lowest BCUT2D eigenvalue weighted by Crippen LogP contribution is -2.13. The van der Waals surface area contributed by atoms with E-state index in [0.29, 0.717) is 11.1 Å². The summed E-state index contributed by atoms with van der Waals surface area (Å²) >= 11 is 0. The number of benzene rings is 2. The molecule has 28 heavy (non-hydrogen) atoms. The molecule has 0 fully saturated rings. The summed E-state index contributed by atoms with van der Waals surface area (Å²) in [6.07, 6.45) is 5.49. The Hall–Kier alpha value is -3.00. The number of hydrogen-bond acceptors (Lipinski definition) is 6. The van der Waals surface area contributed by atoms with E-state index in [4.69, 9.17) is 4.42 Å². The zero-order valence-corrected chi connectivity index (χ0v) is 16.1. The van der Waals surface area contributed by atoms with Crippen molar-refractivity contribution in [2.75, 3.05) is 11.6 Å². The Morgan fingerprint density at radius 1 is 1.04 bits per heavy atom. The number of rotatable bonds is 4. The molecule has 0 atom stereocenters. The number of aryl methyl sites for hydroxylation is 2. The van der Waals surface area contributed by atoms with Crippen molar-refractivity contribution in [3.8, 4) is 11.5 Å². The van der Waals surface area contributed by atoms with Gasteiger partial charge in [-0.15, -0.1) is 5.10 Å². The minimum absolute atomic E-state index is 0.0394. The fourth-order valence-corrected chi connectivity index (χ4v) is 3.96. The number of carbonyl (C=O) groups excluding carboxylic acids is 1. The zero-order valence-electron chi connectivity index (χ0n) is 15.3. The predicted molar refractivity (Wildman–Crippen MR) is 104 cm³/mol. The Balaban J connectivity index is 1.53. The lowest BCUT2D eigenvalue weighted by Gasteiger charge is -2.16. The molecular weight excluding hydrogens is 378 g/mol. The summed E-state index contributed by atoms with van der Waals surface area (Å²) in [5, 5.41) is 10.3. The molecule has 7 nitrogen and oxygen atoms in total. The van der Waals surface area contributed by atoms with Crippen LogP contribution in [0.15, 0.2) is 51.8 Å². The van der Waals surface area contributed by atoms with Gasteiger partial charge in [0.1, 0.15) is 0 Å². The minimum atomic E-state index is -3.35. The number of fused-ring (bicyclic) bond motifs is 1. The van der Waals surface area contributed by atoms with Crippen molar-refractivity contribution in [1.29, 1.82) is 0 Å². The first-order valence-electron chi connectivity index (χ1n) is 8.97. The van der Waals surface area contributed by atoms with E-state index in [1.165, 1.54) is 29.7 Å². The second-order valence-electron chi connectivity index (χ2n) is 6.86. The van der Waals surface area contributed by atoms with E-state index in [2.05, 4.69) is 15.5 Å². The number of amides is 1. The molecule has 0 unspecified atom stereocenters. The van der Waals surface area contributed by atoms with Crippen LogP contribution in [0.1, 0.15) is 34.3 Å². The summed E-state index contributed by atoms with van der Waals surface area (Å²) in [4.78, 5) is 12.7. The first kappa shape index (κ1) is 18.4. The normalized spacial score (nSPS) is 13.8. The SMILES string of the molecule is CS(=O)(=O)c1cccc(-c2nnc(NC(=O)c3ccc4c(c3)CCCC4)o2)c1. The largest absolute Gasteiger partial charge is 0.403 e. The van der Waals surface area contributed by atoms with Crippen molar-refractivity contribution in [3.05, 3.63) is 59.2 Å². The Bertz CT molecular complexity index is 1150. The van der Waals surface area contributed by atoms with Gasteiger partial charge in [0.2, 0.25) is 5.89 Å². The van der Waals surface area contributed by atoms with Gasteiger partial charge in [0.15, 0.2) is 9.84 Å². The third-order valence-corrected chi connectivity index (χ3v) is 5.88. The van der Waals surface area contributed by atoms with E-state index in [0.717, 1.165) is 25.5 Å². The van der Waals surface area contributed by atoms with Gasteiger partial charge in [0.05, 0.1) is 4.90 Å². The molecule has 4 rings (SSSR count).